The highest BCUT2D eigenvalue weighted by atomic mass is 32.1. The monoisotopic (exact) mass is 487 g/mol. The molecule has 3 rings (SSSR count). The number of benzene rings is 2. The molecule has 0 radical (unpaired) electrons. The van der Waals surface area contributed by atoms with Gasteiger partial charge >= 0.3 is 12.4 Å². The van der Waals surface area contributed by atoms with Crippen LogP contribution < -0.4 is 16.2 Å². The summed E-state index contributed by atoms with van der Waals surface area (Å²) in [5, 5.41) is 0.486. The fraction of sp³-hybridized carbons (Fsp3) is 0.227. The molecule has 1 heterocycles. The van der Waals surface area contributed by atoms with Crippen molar-refractivity contribution < 1.29 is 31.1 Å². The summed E-state index contributed by atoms with van der Waals surface area (Å²) in [6.07, 6.45) is -8.13. The molecule has 0 bridgehead atoms. The van der Waals surface area contributed by atoms with Gasteiger partial charge < -0.3 is 16.2 Å². The summed E-state index contributed by atoms with van der Waals surface area (Å²) < 4.78 is 79.8. The SMILES string of the molecule is C=C(Cc1ccc(OCC(F)(F)F)c(N)c1)Cc1sc(-c2ccc(C(F)(F)F)cc2)nc1N. The van der Waals surface area contributed by atoms with E-state index in [0.717, 1.165) is 23.3 Å². The standard InChI is InChI=1S/C22H19F6N3OS/c1-12(8-13-2-7-17(16(29)10-13)32-11-21(23,24)25)9-18-19(30)31-20(33-18)14-3-5-15(6-4-14)22(26,27)28/h2-7,10H,1,8-9,11,29-30H2. The Labute approximate surface area is 189 Å². The Morgan fingerprint density at radius 3 is 2.21 bits per heavy atom. The van der Waals surface area contributed by atoms with Crippen LogP contribution in [0.1, 0.15) is 16.0 Å². The fourth-order valence-corrected chi connectivity index (χ4v) is 4.05. The van der Waals surface area contributed by atoms with E-state index in [1.165, 1.54) is 35.6 Å². The number of nitrogens with two attached hydrogens (primary N) is 2. The Kier molecular flexibility index (Phi) is 6.92. The number of thiazole rings is 1. The number of anilines is 2. The highest BCUT2D eigenvalue weighted by molar-refractivity contribution is 7.15. The fourth-order valence-electron chi connectivity index (χ4n) is 2.99. The molecule has 0 saturated carbocycles. The van der Waals surface area contributed by atoms with Crippen molar-refractivity contribution in [2.45, 2.75) is 25.2 Å². The Morgan fingerprint density at radius 1 is 0.970 bits per heavy atom. The van der Waals surface area contributed by atoms with Crippen LogP contribution in [0.25, 0.3) is 10.6 Å². The van der Waals surface area contributed by atoms with Crippen molar-refractivity contribution in [1.29, 1.82) is 0 Å². The lowest BCUT2D eigenvalue weighted by Gasteiger charge is -2.12. The third kappa shape index (κ3) is 6.64. The zero-order valence-electron chi connectivity index (χ0n) is 17.1. The second-order valence-electron chi connectivity index (χ2n) is 7.28. The molecule has 4 nitrogen and oxygen atoms in total. The minimum absolute atomic E-state index is 0.0606. The van der Waals surface area contributed by atoms with Crippen molar-refractivity contribution in [2.75, 3.05) is 18.1 Å². The van der Waals surface area contributed by atoms with Gasteiger partial charge in [-0.15, -0.1) is 11.3 Å². The molecule has 2 aromatic carbocycles. The molecule has 1 aromatic heterocycles. The molecule has 0 aliphatic heterocycles. The van der Waals surface area contributed by atoms with Gasteiger partial charge in [-0.1, -0.05) is 30.4 Å². The van der Waals surface area contributed by atoms with Crippen LogP contribution in [0.5, 0.6) is 5.75 Å². The van der Waals surface area contributed by atoms with E-state index in [4.69, 9.17) is 11.5 Å². The second kappa shape index (κ2) is 9.34. The first-order valence-corrected chi connectivity index (χ1v) is 10.3. The normalized spacial score (nSPS) is 12.1. The van der Waals surface area contributed by atoms with Crippen molar-refractivity contribution in [3.63, 3.8) is 0 Å². The average Bonchev–Trinajstić information content (AvgIpc) is 3.06. The number of alkyl halides is 6. The Hall–Kier alpha value is -3.21. The van der Waals surface area contributed by atoms with E-state index >= 15 is 0 Å². The summed E-state index contributed by atoms with van der Waals surface area (Å²) >= 11 is 1.25. The molecule has 0 atom stereocenters. The number of hydrogen-bond acceptors (Lipinski definition) is 5. The van der Waals surface area contributed by atoms with Crippen LogP contribution in [0.3, 0.4) is 0 Å². The Balaban J connectivity index is 1.65. The van der Waals surface area contributed by atoms with E-state index in [1.54, 1.807) is 6.07 Å². The molecule has 0 fully saturated rings. The van der Waals surface area contributed by atoms with E-state index in [9.17, 15) is 26.3 Å². The number of nitrogen functional groups attached to an aromatic ring is 2. The zero-order chi connectivity index (χ0) is 24.4. The van der Waals surface area contributed by atoms with E-state index in [2.05, 4.69) is 16.3 Å². The molecule has 0 spiro atoms. The summed E-state index contributed by atoms with van der Waals surface area (Å²) in [4.78, 5) is 4.95. The molecule has 0 aliphatic carbocycles. The van der Waals surface area contributed by atoms with Gasteiger partial charge in [0.2, 0.25) is 0 Å². The molecule has 11 heteroatoms. The van der Waals surface area contributed by atoms with Crippen molar-refractivity contribution in [2.24, 2.45) is 0 Å². The maximum absolute atomic E-state index is 12.7. The first kappa shape index (κ1) is 24.4. The maximum Gasteiger partial charge on any atom is 0.422 e. The van der Waals surface area contributed by atoms with Gasteiger partial charge in [-0.05, 0) is 36.2 Å². The first-order valence-electron chi connectivity index (χ1n) is 9.49. The number of nitrogens with zero attached hydrogens (tertiary/aromatic N) is 1. The lowest BCUT2D eigenvalue weighted by Crippen LogP contribution is -2.19. The van der Waals surface area contributed by atoms with Gasteiger partial charge in [0.1, 0.15) is 16.6 Å². The number of halogens is 6. The molecule has 0 unspecified atom stereocenters. The predicted molar refractivity (Wildman–Crippen MR) is 116 cm³/mol. The largest absolute Gasteiger partial charge is 0.482 e. The number of allylic oxidation sites excluding steroid dienone is 1. The molecular formula is C22H19F6N3OS. The van der Waals surface area contributed by atoms with Crippen LogP contribution in [0, 0.1) is 0 Å². The van der Waals surface area contributed by atoms with Gasteiger partial charge in [-0.25, -0.2) is 4.98 Å². The molecule has 33 heavy (non-hydrogen) atoms. The lowest BCUT2D eigenvalue weighted by atomic mass is 10.0. The predicted octanol–water partition coefficient (Wildman–Crippen LogP) is 6.28. The highest BCUT2D eigenvalue weighted by Crippen LogP contribution is 2.35. The van der Waals surface area contributed by atoms with Crippen molar-refractivity contribution in [3.8, 4) is 16.3 Å². The molecule has 0 aliphatic rings. The minimum atomic E-state index is -4.46. The number of rotatable bonds is 7. The third-order valence-electron chi connectivity index (χ3n) is 4.52. The van der Waals surface area contributed by atoms with Gasteiger partial charge in [0.15, 0.2) is 6.61 Å². The number of hydrogen-bond donors (Lipinski definition) is 2. The van der Waals surface area contributed by atoms with E-state index in [1.807, 2.05) is 0 Å². The summed E-state index contributed by atoms with van der Waals surface area (Å²) in [5.41, 5.74) is 13.1. The molecule has 176 valence electrons. The van der Waals surface area contributed by atoms with Gasteiger partial charge in [0, 0.05) is 12.0 Å². The van der Waals surface area contributed by atoms with Gasteiger partial charge in [-0.2, -0.15) is 26.3 Å². The van der Waals surface area contributed by atoms with Crippen molar-refractivity contribution in [3.05, 3.63) is 70.6 Å². The topological polar surface area (TPSA) is 74.2 Å². The Bertz CT molecular complexity index is 1140. The van der Waals surface area contributed by atoms with Gasteiger partial charge in [0.05, 0.1) is 16.1 Å². The van der Waals surface area contributed by atoms with Gasteiger partial charge in [-0.3, -0.25) is 0 Å². The number of aromatic nitrogens is 1. The minimum Gasteiger partial charge on any atom is -0.482 e. The summed E-state index contributed by atoms with van der Waals surface area (Å²) in [6.45, 7) is 2.57. The van der Waals surface area contributed by atoms with Crippen LogP contribution in [0.4, 0.5) is 37.8 Å². The van der Waals surface area contributed by atoms with Crippen LogP contribution in [-0.2, 0) is 19.0 Å². The zero-order valence-corrected chi connectivity index (χ0v) is 17.9. The van der Waals surface area contributed by atoms with E-state index in [-0.39, 0.29) is 17.3 Å². The summed E-state index contributed by atoms with van der Waals surface area (Å²) in [6, 6.07) is 9.12. The third-order valence-corrected chi connectivity index (χ3v) is 5.64. The molecule has 4 N–H and O–H groups in total. The maximum atomic E-state index is 12.7. The Morgan fingerprint density at radius 2 is 1.64 bits per heavy atom. The van der Waals surface area contributed by atoms with Crippen LogP contribution >= 0.6 is 11.3 Å². The molecule has 3 aromatic rings. The molecular weight excluding hydrogens is 468 g/mol. The average molecular weight is 487 g/mol. The van der Waals surface area contributed by atoms with Crippen LogP contribution in [0.15, 0.2) is 54.6 Å². The smallest absolute Gasteiger partial charge is 0.422 e. The summed E-state index contributed by atoms with van der Waals surface area (Å²) in [7, 11) is 0. The molecule has 0 amide bonds. The lowest BCUT2D eigenvalue weighted by molar-refractivity contribution is -0.153. The van der Waals surface area contributed by atoms with Crippen LogP contribution in [0.2, 0.25) is 0 Å². The molecule has 0 saturated heterocycles. The van der Waals surface area contributed by atoms with Crippen molar-refractivity contribution in [1.82, 2.24) is 4.98 Å². The quantitative estimate of drug-likeness (QED) is 0.234. The summed E-state index contributed by atoms with van der Waals surface area (Å²) in [5.74, 6) is 0.195. The number of ether oxygens (including phenoxy) is 1. The van der Waals surface area contributed by atoms with Gasteiger partial charge in [0.25, 0.3) is 0 Å². The van der Waals surface area contributed by atoms with E-state index in [0.29, 0.717) is 28.3 Å². The van der Waals surface area contributed by atoms with Crippen LogP contribution in [-0.4, -0.2) is 17.8 Å². The second-order valence-corrected chi connectivity index (χ2v) is 8.37. The van der Waals surface area contributed by atoms with E-state index < -0.39 is 24.5 Å². The first-order chi connectivity index (χ1) is 15.3. The van der Waals surface area contributed by atoms with Crippen molar-refractivity contribution >= 4 is 22.8 Å². The highest BCUT2D eigenvalue weighted by Gasteiger charge is 2.30.